The van der Waals surface area contributed by atoms with Crippen LogP contribution in [0.2, 0.25) is 0 Å². The van der Waals surface area contributed by atoms with Crippen molar-refractivity contribution in [2.24, 2.45) is 0 Å². The van der Waals surface area contributed by atoms with E-state index in [-0.39, 0.29) is 11.8 Å². The molecule has 1 aromatic carbocycles. The molecule has 1 amide bonds. The summed E-state index contributed by atoms with van der Waals surface area (Å²) >= 11 is 0. The lowest BCUT2D eigenvalue weighted by Gasteiger charge is -2.31. The van der Waals surface area contributed by atoms with Gasteiger partial charge in [-0.3, -0.25) is 4.79 Å². The van der Waals surface area contributed by atoms with Gasteiger partial charge in [0.1, 0.15) is 0 Å². The van der Waals surface area contributed by atoms with Gasteiger partial charge in [-0.15, -0.1) is 0 Å². The molecule has 0 unspecified atom stereocenters. The van der Waals surface area contributed by atoms with Crippen LogP contribution in [0.3, 0.4) is 0 Å². The molecular weight excluding hydrogens is 316 g/mol. The van der Waals surface area contributed by atoms with E-state index in [1.54, 1.807) is 0 Å². The molecule has 3 heterocycles. The fourth-order valence-electron chi connectivity index (χ4n) is 3.86. The summed E-state index contributed by atoms with van der Waals surface area (Å²) in [5.74, 6) is 1.56. The van der Waals surface area contributed by atoms with Gasteiger partial charge in [0.05, 0.1) is 11.5 Å². The smallest absolute Gasteiger partial charge is 0.255 e. The summed E-state index contributed by atoms with van der Waals surface area (Å²) in [6.07, 6.45) is 4.55. The highest BCUT2D eigenvalue weighted by molar-refractivity contribution is 6.00. The van der Waals surface area contributed by atoms with Crippen molar-refractivity contribution in [3.63, 3.8) is 0 Å². The Labute approximate surface area is 147 Å². The number of piperidine rings is 1. The van der Waals surface area contributed by atoms with Crippen molar-refractivity contribution in [2.45, 2.75) is 38.5 Å². The van der Waals surface area contributed by atoms with E-state index >= 15 is 0 Å². The molecule has 1 aromatic heterocycles. The zero-order chi connectivity index (χ0) is 17.2. The molecule has 1 atom stereocenters. The van der Waals surface area contributed by atoms with E-state index in [1.165, 1.54) is 19.3 Å². The molecule has 2 aromatic rings. The lowest BCUT2D eigenvalue weighted by Crippen LogP contribution is -2.34. The maximum atomic E-state index is 13.1. The number of hydrogen-bond acceptors (Lipinski definition) is 5. The number of aryl methyl sites for hydroxylation is 1. The summed E-state index contributed by atoms with van der Waals surface area (Å²) < 4.78 is 5.29. The molecule has 2 aliphatic heterocycles. The highest BCUT2D eigenvalue weighted by Crippen LogP contribution is 2.30. The average Bonchev–Trinajstić information content (AvgIpc) is 3.31. The number of aromatic nitrogens is 2. The van der Waals surface area contributed by atoms with Gasteiger partial charge in [0.15, 0.2) is 5.82 Å². The third-order valence-corrected chi connectivity index (χ3v) is 5.20. The number of para-hydroxylation sites is 1. The molecule has 2 aliphatic rings. The van der Waals surface area contributed by atoms with Crippen LogP contribution in [0.1, 0.15) is 53.7 Å². The van der Waals surface area contributed by atoms with Crippen LogP contribution in [0.4, 0.5) is 5.69 Å². The first-order chi connectivity index (χ1) is 12.2. The predicted molar refractivity (Wildman–Crippen MR) is 94.8 cm³/mol. The van der Waals surface area contributed by atoms with Crippen LogP contribution in [-0.4, -0.2) is 47.1 Å². The van der Waals surface area contributed by atoms with E-state index in [1.807, 2.05) is 30.0 Å². The molecule has 4 rings (SSSR count). The Hall–Kier alpha value is -2.37. The predicted octanol–water partition coefficient (Wildman–Crippen LogP) is 3.00. The molecule has 0 N–H and O–H groups in total. The second-order valence-electron chi connectivity index (χ2n) is 6.98. The number of hydrogen-bond donors (Lipinski definition) is 0. The third-order valence-electron chi connectivity index (χ3n) is 5.20. The maximum Gasteiger partial charge on any atom is 0.255 e. The van der Waals surface area contributed by atoms with Crippen molar-refractivity contribution in [3.8, 4) is 0 Å². The minimum Gasteiger partial charge on any atom is -0.371 e. The minimum absolute atomic E-state index is 0.111. The van der Waals surface area contributed by atoms with Gasteiger partial charge in [-0.2, -0.15) is 4.98 Å². The number of carbonyl (C=O) groups excluding carboxylic acids is 1. The maximum absolute atomic E-state index is 13.1. The zero-order valence-electron chi connectivity index (χ0n) is 14.6. The Morgan fingerprint density at radius 3 is 2.72 bits per heavy atom. The summed E-state index contributed by atoms with van der Waals surface area (Å²) in [6.45, 7) is 5.27. The van der Waals surface area contributed by atoms with Crippen molar-refractivity contribution >= 4 is 11.6 Å². The second-order valence-corrected chi connectivity index (χ2v) is 6.98. The summed E-state index contributed by atoms with van der Waals surface area (Å²) in [7, 11) is 0. The molecule has 0 bridgehead atoms. The number of benzene rings is 1. The topological polar surface area (TPSA) is 62.5 Å². The summed E-state index contributed by atoms with van der Waals surface area (Å²) in [5, 5.41) is 3.87. The second kappa shape index (κ2) is 6.86. The standard InChI is InChI=1S/C19H24N4O2/c1-14-20-18(25-21-14)15-9-12-23(13-15)19(24)16-7-3-4-8-17(16)22-10-5-2-6-11-22/h3-4,7-8,15H,2,5-6,9-13H2,1H3/t15-/m0/s1. The Morgan fingerprint density at radius 2 is 1.96 bits per heavy atom. The van der Waals surface area contributed by atoms with Crippen LogP contribution in [0.15, 0.2) is 28.8 Å². The Bertz CT molecular complexity index is 751. The molecule has 25 heavy (non-hydrogen) atoms. The van der Waals surface area contributed by atoms with Crippen molar-refractivity contribution in [1.82, 2.24) is 15.0 Å². The van der Waals surface area contributed by atoms with Gasteiger partial charge in [0, 0.05) is 31.9 Å². The summed E-state index contributed by atoms with van der Waals surface area (Å²) in [5.41, 5.74) is 1.89. The number of carbonyl (C=O) groups is 1. The summed E-state index contributed by atoms with van der Waals surface area (Å²) in [6, 6.07) is 8.01. The van der Waals surface area contributed by atoms with Crippen LogP contribution in [0.5, 0.6) is 0 Å². The first-order valence-electron chi connectivity index (χ1n) is 9.16. The Morgan fingerprint density at radius 1 is 1.16 bits per heavy atom. The Kier molecular flexibility index (Phi) is 4.42. The molecule has 6 heteroatoms. The van der Waals surface area contributed by atoms with E-state index in [0.29, 0.717) is 18.3 Å². The van der Waals surface area contributed by atoms with Gasteiger partial charge in [-0.25, -0.2) is 0 Å². The normalized spacial score (nSPS) is 20.9. The molecular formula is C19H24N4O2. The van der Waals surface area contributed by atoms with Gasteiger partial charge < -0.3 is 14.3 Å². The van der Waals surface area contributed by atoms with Gasteiger partial charge in [-0.1, -0.05) is 17.3 Å². The number of anilines is 1. The van der Waals surface area contributed by atoms with Crippen molar-refractivity contribution in [3.05, 3.63) is 41.5 Å². The number of rotatable bonds is 3. The van der Waals surface area contributed by atoms with Crippen LogP contribution >= 0.6 is 0 Å². The van der Waals surface area contributed by atoms with Crippen LogP contribution in [0, 0.1) is 6.92 Å². The number of likely N-dealkylation sites (tertiary alicyclic amines) is 1. The first-order valence-corrected chi connectivity index (χ1v) is 9.16. The molecule has 0 saturated carbocycles. The van der Waals surface area contributed by atoms with Crippen LogP contribution in [0.25, 0.3) is 0 Å². The van der Waals surface area contributed by atoms with Gasteiger partial charge in [0.2, 0.25) is 5.89 Å². The highest BCUT2D eigenvalue weighted by Gasteiger charge is 2.32. The largest absolute Gasteiger partial charge is 0.371 e. The van der Waals surface area contributed by atoms with Gasteiger partial charge in [0.25, 0.3) is 5.91 Å². The SMILES string of the molecule is Cc1noc([C@H]2CCN(C(=O)c3ccccc3N3CCCCC3)C2)n1. The molecule has 2 saturated heterocycles. The van der Waals surface area contributed by atoms with E-state index in [4.69, 9.17) is 4.52 Å². The third kappa shape index (κ3) is 3.25. The van der Waals surface area contributed by atoms with E-state index in [9.17, 15) is 4.79 Å². The molecule has 0 spiro atoms. The van der Waals surface area contributed by atoms with E-state index < -0.39 is 0 Å². The van der Waals surface area contributed by atoms with Crippen molar-refractivity contribution in [1.29, 1.82) is 0 Å². The number of amides is 1. The molecule has 6 nitrogen and oxygen atoms in total. The Balaban J connectivity index is 1.51. The highest BCUT2D eigenvalue weighted by atomic mass is 16.5. The fourth-order valence-corrected chi connectivity index (χ4v) is 3.86. The minimum atomic E-state index is 0.111. The molecule has 0 aliphatic carbocycles. The first kappa shape index (κ1) is 16.1. The monoisotopic (exact) mass is 340 g/mol. The number of nitrogens with zero attached hydrogens (tertiary/aromatic N) is 4. The molecule has 132 valence electrons. The lowest BCUT2D eigenvalue weighted by molar-refractivity contribution is 0.0790. The van der Waals surface area contributed by atoms with Crippen molar-refractivity contribution < 1.29 is 9.32 Å². The van der Waals surface area contributed by atoms with Gasteiger partial charge in [-0.05, 0) is 44.7 Å². The average molecular weight is 340 g/mol. The summed E-state index contributed by atoms with van der Waals surface area (Å²) in [4.78, 5) is 21.7. The van der Waals surface area contributed by atoms with Gasteiger partial charge >= 0.3 is 0 Å². The molecule has 0 radical (unpaired) electrons. The van der Waals surface area contributed by atoms with E-state index in [0.717, 1.165) is 37.3 Å². The zero-order valence-corrected chi connectivity index (χ0v) is 14.6. The van der Waals surface area contributed by atoms with Crippen molar-refractivity contribution in [2.75, 3.05) is 31.1 Å². The van der Waals surface area contributed by atoms with Crippen LogP contribution in [-0.2, 0) is 0 Å². The lowest BCUT2D eigenvalue weighted by atomic mass is 10.1. The fraction of sp³-hybridized carbons (Fsp3) is 0.526. The quantitative estimate of drug-likeness (QED) is 0.859. The molecule has 2 fully saturated rings. The van der Waals surface area contributed by atoms with E-state index in [2.05, 4.69) is 21.1 Å². The van der Waals surface area contributed by atoms with Crippen LogP contribution < -0.4 is 4.90 Å².